The number of benzene rings is 1. The smallest absolute Gasteiger partial charge is 0.407 e. The number of nitrogens with one attached hydrogen (secondary N) is 1. The van der Waals surface area contributed by atoms with Gasteiger partial charge in [0.05, 0.1) is 0 Å². The van der Waals surface area contributed by atoms with Crippen LogP contribution in [0.2, 0.25) is 0 Å². The number of amides is 1. The van der Waals surface area contributed by atoms with Crippen molar-refractivity contribution >= 4 is 6.09 Å². The summed E-state index contributed by atoms with van der Waals surface area (Å²) >= 11 is 0. The molecule has 2 rings (SSSR count). The van der Waals surface area contributed by atoms with E-state index in [0.717, 1.165) is 12.3 Å². The van der Waals surface area contributed by atoms with E-state index in [2.05, 4.69) is 5.32 Å². The lowest BCUT2D eigenvalue weighted by Crippen LogP contribution is -2.33. The SMILES string of the molecule is CC(CC1CC1)NC(=O)OCc1ccccc1F. The molecule has 18 heavy (non-hydrogen) atoms. The Balaban J connectivity index is 1.72. The van der Waals surface area contributed by atoms with E-state index >= 15 is 0 Å². The average molecular weight is 251 g/mol. The van der Waals surface area contributed by atoms with Gasteiger partial charge < -0.3 is 10.1 Å². The molecule has 1 saturated carbocycles. The van der Waals surface area contributed by atoms with E-state index in [9.17, 15) is 9.18 Å². The lowest BCUT2D eigenvalue weighted by Gasteiger charge is -2.13. The number of alkyl carbamates (subject to hydrolysis) is 1. The molecule has 1 aliphatic carbocycles. The van der Waals surface area contributed by atoms with E-state index in [1.54, 1.807) is 18.2 Å². The molecule has 0 radical (unpaired) electrons. The predicted octanol–water partition coefficient (Wildman–Crippen LogP) is 3.24. The van der Waals surface area contributed by atoms with Crippen molar-refractivity contribution in [2.45, 2.75) is 38.8 Å². The van der Waals surface area contributed by atoms with E-state index in [1.165, 1.54) is 18.9 Å². The van der Waals surface area contributed by atoms with Gasteiger partial charge in [0.2, 0.25) is 0 Å². The number of carbonyl (C=O) groups excluding carboxylic acids is 1. The molecule has 98 valence electrons. The Morgan fingerprint density at radius 1 is 1.50 bits per heavy atom. The Kier molecular flexibility index (Phi) is 4.18. The van der Waals surface area contributed by atoms with Gasteiger partial charge in [0, 0.05) is 11.6 Å². The lowest BCUT2D eigenvalue weighted by atomic mass is 10.2. The molecular weight excluding hydrogens is 233 g/mol. The second-order valence-corrected chi connectivity index (χ2v) is 4.89. The van der Waals surface area contributed by atoms with E-state index < -0.39 is 6.09 Å². The molecule has 0 spiro atoms. The quantitative estimate of drug-likeness (QED) is 0.872. The van der Waals surface area contributed by atoms with Crippen LogP contribution in [0.1, 0.15) is 31.7 Å². The van der Waals surface area contributed by atoms with Crippen LogP contribution in [0.3, 0.4) is 0 Å². The fraction of sp³-hybridized carbons (Fsp3) is 0.500. The Bertz CT molecular complexity index is 418. The number of carbonyl (C=O) groups is 1. The second kappa shape index (κ2) is 5.85. The van der Waals surface area contributed by atoms with E-state index in [0.29, 0.717) is 5.56 Å². The monoisotopic (exact) mass is 251 g/mol. The van der Waals surface area contributed by atoms with Crippen LogP contribution in [0, 0.1) is 11.7 Å². The van der Waals surface area contributed by atoms with Gasteiger partial charge in [-0.05, 0) is 25.3 Å². The molecule has 0 aromatic heterocycles. The van der Waals surface area contributed by atoms with Gasteiger partial charge in [0.15, 0.2) is 0 Å². The number of halogens is 1. The fourth-order valence-electron chi connectivity index (χ4n) is 1.91. The first kappa shape index (κ1) is 12.9. The minimum Gasteiger partial charge on any atom is -0.445 e. The van der Waals surface area contributed by atoms with Crippen LogP contribution in [0.4, 0.5) is 9.18 Å². The minimum absolute atomic E-state index is 0.0331. The summed E-state index contributed by atoms with van der Waals surface area (Å²) in [7, 11) is 0. The number of hydrogen-bond donors (Lipinski definition) is 1. The maximum atomic E-state index is 13.3. The summed E-state index contributed by atoms with van der Waals surface area (Å²) in [5.74, 6) is 0.406. The highest BCUT2D eigenvalue weighted by atomic mass is 19.1. The Morgan fingerprint density at radius 3 is 2.89 bits per heavy atom. The standard InChI is InChI=1S/C14H18FNO2/c1-10(8-11-6-7-11)16-14(17)18-9-12-4-2-3-5-13(12)15/h2-5,10-11H,6-9H2,1H3,(H,16,17). The molecule has 0 saturated heterocycles. The molecule has 1 unspecified atom stereocenters. The zero-order valence-corrected chi connectivity index (χ0v) is 10.5. The van der Waals surface area contributed by atoms with Gasteiger partial charge in [-0.1, -0.05) is 31.0 Å². The third-order valence-electron chi connectivity index (χ3n) is 3.06. The van der Waals surface area contributed by atoms with Gasteiger partial charge in [-0.3, -0.25) is 0 Å². The molecule has 4 heteroatoms. The molecule has 1 atom stereocenters. The molecule has 1 N–H and O–H groups in total. The van der Waals surface area contributed by atoms with Crippen molar-refractivity contribution in [2.24, 2.45) is 5.92 Å². The Hall–Kier alpha value is -1.58. The van der Waals surface area contributed by atoms with E-state index in [4.69, 9.17) is 4.74 Å². The maximum absolute atomic E-state index is 13.3. The van der Waals surface area contributed by atoms with Crippen molar-refractivity contribution in [3.8, 4) is 0 Å². The zero-order valence-electron chi connectivity index (χ0n) is 10.5. The zero-order chi connectivity index (χ0) is 13.0. The third kappa shape index (κ3) is 4.02. The molecule has 3 nitrogen and oxygen atoms in total. The van der Waals surface area contributed by atoms with Crippen LogP contribution in [-0.2, 0) is 11.3 Å². The van der Waals surface area contributed by atoms with Gasteiger partial charge in [-0.15, -0.1) is 0 Å². The maximum Gasteiger partial charge on any atom is 0.407 e. The van der Waals surface area contributed by atoms with E-state index in [-0.39, 0.29) is 18.5 Å². The summed E-state index contributed by atoms with van der Waals surface area (Å²) in [6, 6.07) is 6.40. The van der Waals surface area contributed by atoms with Crippen molar-refractivity contribution in [3.63, 3.8) is 0 Å². The fourth-order valence-corrected chi connectivity index (χ4v) is 1.91. The van der Waals surface area contributed by atoms with Crippen LogP contribution < -0.4 is 5.32 Å². The molecule has 1 aromatic rings. The lowest BCUT2D eigenvalue weighted by molar-refractivity contribution is 0.134. The largest absolute Gasteiger partial charge is 0.445 e. The Morgan fingerprint density at radius 2 is 2.22 bits per heavy atom. The molecule has 0 heterocycles. The van der Waals surface area contributed by atoms with Crippen molar-refractivity contribution in [2.75, 3.05) is 0 Å². The van der Waals surface area contributed by atoms with Gasteiger partial charge in [-0.25, -0.2) is 9.18 Å². The summed E-state index contributed by atoms with van der Waals surface area (Å²) < 4.78 is 18.3. The van der Waals surface area contributed by atoms with Crippen molar-refractivity contribution in [1.29, 1.82) is 0 Å². The Labute approximate surface area is 106 Å². The highest BCUT2D eigenvalue weighted by Gasteiger charge is 2.24. The van der Waals surface area contributed by atoms with Gasteiger partial charge in [0.25, 0.3) is 0 Å². The highest BCUT2D eigenvalue weighted by Crippen LogP contribution is 2.33. The second-order valence-electron chi connectivity index (χ2n) is 4.89. The molecule has 0 bridgehead atoms. The number of ether oxygens (including phenoxy) is 1. The van der Waals surface area contributed by atoms with Crippen LogP contribution in [0.15, 0.2) is 24.3 Å². The number of hydrogen-bond acceptors (Lipinski definition) is 2. The minimum atomic E-state index is -0.480. The first-order chi connectivity index (χ1) is 8.65. The third-order valence-corrected chi connectivity index (χ3v) is 3.06. The van der Waals surface area contributed by atoms with Gasteiger partial charge in [-0.2, -0.15) is 0 Å². The molecule has 0 aliphatic heterocycles. The first-order valence-corrected chi connectivity index (χ1v) is 6.32. The first-order valence-electron chi connectivity index (χ1n) is 6.32. The summed E-state index contributed by atoms with van der Waals surface area (Å²) in [6.45, 7) is 1.93. The number of rotatable bonds is 5. The predicted molar refractivity (Wildman–Crippen MR) is 66.5 cm³/mol. The van der Waals surface area contributed by atoms with Crippen LogP contribution >= 0.6 is 0 Å². The topological polar surface area (TPSA) is 38.3 Å². The van der Waals surface area contributed by atoms with Crippen molar-refractivity contribution in [1.82, 2.24) is 5.32 Å². The summed E-state index contributed by atoms with van der Waals surface area (Å²) in [5.41, 5.74) is 0.391. The van der Waals surface area contributed by atoms with Crippen LogP contribution in [0.5, 0.6) is 0 Å². The summed E-state index contributed by atoms with van der Waals surface area (Å²) in [5, 5.41) is 2.76. The van der Waals surface area contributed by atoms with Crippen LogP contribution in [0.25, 0.3) is 0 Å². The molecular formula is C14H18FNO2. The highest BCUT2D eigenvalue weighted by molar-refractivity contribution is 5.67. The summed E-state index contributed by atoms with van der Waals surface area (Å²) in [6.07, 6.45) is 3.04. The summed E-state index contributed by atoms with van der Waals surface area (Å²) in [4.78, 5) is 11.5. The van der Waals surface area contributed by atoms with Crippen molar-refractivity contribution < 1.29 is 13.9 Å². The molecule has 1 fully saturated rings. The van der Waals surface area contributed by atoms with Crippen molar-refractivity contribution in [3.05, 3.63) is 35.6 Å². The van der Waals surface area contributed by atoms with Gasteiger partial charge >= 0.3 is 6.09 Å². The van der Waals surface area contributed by atoms with Gasteiger partial charge in [0.1, 0.15) is 12.4 Å². The molecule has 1 aromatic carbocycles. The average Bonchev–Trinajstić information content (AvgIpc) is 3.11. The normalized spacial score (nSPS) is 16.1. The van der Waals surface area contributed by atoms with E-state index in [1.807, 2.05) is 6.92 Å². The molecule has 1 aliphatic rings. The molecule has 1 amide bonds. The van der Waals surface area contributed by atoms with Crippen LogP contribution in [-0.4, -0.2) is 12.1 Å².